The van der Waals surface area contributed by atoms with E-state index >= 15 is 0 Å². The fourth-order valence-electron chi connectivity index (χ4n) is 2.96. The number of rotatable bonds is 6. The molecule has 1 aromatic heterocycles. The van der Waals surface area contributed by atoms with Gasteiger partial charge < -0.3 is 10.1 Å². The largest absolute Gasteiger partial charge is 0.383 e. The summed E-state index contributed by atoms with van der Waals surface area (Å²) in [5, 5.41) is 4.30. The summed E-state index contributed by atoms with van der Waals surface area (Å²) in [5.74, 6) is -1.15. The molecule has 1 fully saturated rings. The highest BCUT2D eigenvalue weighted by Crippen LogP contribution is 2.34. The van der Waals surface area contributed by atoms with Gasteiger partial charge in [-0.1, -0.05) is 17.7 Å². The number of carbonyl (C=O) groups excluding carboxylic acids is 1. The third kappa shape index (κ3) is 4.70. The number of ether oxygens (including phenoxy) is 1. The van der Waals surface area contributed by atoms with Crippen LogP contribution in [-0.4, -0.2) is 44.9 Å². The Bertz CT molecular complexity index is 940. The van der Waals surface area contributed by atoms with Gasteiger partial charge in [-0.25, -0.2) is 4.39 Å². The lowest BCUT2D eigenvalue weighted by Gasteiger charge is -2.38. The minimum absolute atomic E-state index is 0.135. The Morgan fingerprint density at radius 2 is 2.25 bits per heavy atom. The van der Waals surface area contributed by atoms with Crippen molar-refractivity contribution in [2.24, 2.45) is 0 Å². The molecule has 2 atom stereocenters. The summed E-state index contributed by atoms with van der Waals surface area (Å²) >= 11 is 7.15. The van der Waals surface area contributed by atoms with E-state index in [4.69, 9.17) is 16.3 Å². The van der Waals surface area contributed by atoms with Crippen LogP contribution in [0.4, 0.5) is 10.1 Å². The molecule has 7 nitrogen and oxygen atoms in total. The van der Waals surface area contributed by atoms with Crippen molar-refractivity contribution in [1.29, 1.82) is 0 Å². The molecule has 2 N–H and O–H groups in total. The van der Waals surface area contributed by atoms with Gasteiger partial charge in [0.25, 0.3) is 10.2 Å². The summed E-state index contributed by atoms with van der Waals surface area (Å²) in [6, 6.07) is 5.95. The number of amides is 1. The number of nitrogens with one attached hydrogen (secondary N) is 2. The van der Waals surface area contributed by atoms with Crippen molar-refractivity contribution in [2.75, 3.05) is 25.6 Å². The normalized spacial score (nSPS) is 22.1. The number of methoxy groups -OCH3 is 1. The lowest BCUT2D eigenvalue weighted by Crippen LogP contribution is -2.57. The molecule has 2 heterocycles. The zero-order valence-electron chi connectivity index (χ0n) is 14.9. The Labute approximate surface area is 171 Å². The van der Waals surface area contributed by atoms with Crippen LogP contribution in [0.2, 0.25) is 5.02 Å². The summed E-state index contributed by atoms with van der Waals surface area (Å²) in [6.45, 7) is 0.393. The predicted molar refractivity (Wildman–Crippen MR) is 106 cm³/mol. The SMILES string of the molecule is COCCN1[C@@H](c2cccs2)C[C@@H](C(=O)Nc2ccc(F)c(Cl)c2)NS1(=O)=O. The third-order valence-corrected chi connectivity index (χ3v) is 7.20. The number of halogens is 2. The van der Waals surface area contributed by atoms with E-state index in [0.717, 1.165) is 10.9 Å². The Kier molecular flexibility index (Phi) is 6.69. The third-order valence-electron chi connectivity index (χ3n) is 4.30. The van der Waals surface area contributed by atoms with Gasteiger partial charge in [0.2, 0.25) is 5.91 Å². The molecule has 11 heteroatoms. The van der Waals surface area contributed by atoms with Crippen molar-refractivity contribution in [2.45, 2.75) is 18.5 Å². The maximum atomic E-state index is 13.3. The van der Waals surface area contributed by atoms with Crippen LogP contribution in [0, 0.1) is 5.82 Å². The first kappa shape index (κ1) is 21.2. The van der Waals surface area contributed by atoms with Gasteiger partial charge >= 0.3 is 0 Å². The molecule has 152 valence electrons. The van der Waals surface area contributed by atoms with Gasteiger partial charge in [0.15, 0.2) is 0 Å². The average molecular weight is 448 g/mol. The van der Waals surface area contributed by atoms with Crippen LogP contribution in [0.5, 0.6) is 0 Å². The Hall–Kier alpha value is -1.56. The van der Waals surface area contributed by atoms with Crippen LogP contribution in [0.1, 0.15) is 17.3 Å². The topological polar surface area (TPSA) is 87.7 Å². The Balaban J connectivity index is 1.82. The smallest absolute Gasteiger partial charge is 0.280 e. The highest BCUT2D eigenvalue weighted by atomic mass is 35.5. The van der Waals surface area contributed by atoms with Crippen molar-refractivity contribution in [3.63, 3.8) is 0 Å². The standard InChI is InChI=1S/C17H19ClFN3O4S2/c1-26-7-6-22-15(16-3-2-8-27-16)10-14(21-28(22,24)25)17(23)20-11-4-5-13(19)12(18)9-11/h2-5,8-9,14-15,21H,6-7,10H2,1H3,(H,20,23)/t14-,15+/m0/s1. The van der Waals surface area contributed by atoms with Crippen molar-refractivity contribution in [3.05, 3.63) is 51.4 Å². The van der Waals surface area contributed by atoms with Crippen LogP contribution in [0.25, 0.3) is 0 Å². The number of hydrogen-bond acceptors (Lipinski definition) is 5. The minimum Gasteiger partial charge on any atom is -0.383 e. The number of hydrogen-bond donors (Lipinski definition) is 2. The van der Waals surface area contributed by atoms with E-state index in [0.29, 0.717) is 0 Å². The summed E-state index contributed by atoms with van der Waals surface area (Å²) in [7, 11) is -2.41. The molecule has 0 bridgehead atoms. The number of anilines is 1. The number of nitrogens with zero attached hydrogens (tertiary/aromatic N) is 1. The molecule has 1 aromatic carbocycles. The van der Waals surface area contributed by atoms with Crippen LogP contribution < -0.4 is 10.0 Å². The molecule has 1 aliphatic heterocycles. The van der Waals surface area contributed by atoms with Crippen LogP contribution in [-0.2, 0) is 19.7 Å². The van der Waals surface area contributed by atoms with Crippen LogP contribution in [0.15, 0.2) is 35.7 Å². The van der Waals surface area contributed by atoms with E-state index in [2.05, 4.69) is 10.0 Å². The van der Waals surface area contributed by atoms with E-state index < -0.39 is 34.0 Å². The molecule has 2 aromatic rings. The van der Waals surface area contributed by atoms with Gasteiger partial charge in [0, 0.05) is 24.2 Å². The second-order valence-electron chi connectivity index (χ2n) is 6.16. The molecular formula is C17H19ClFN3O4S2. The Morgan fingerprint density at radius 3 is 2.89 bits per heavy atom. The number of thiophene rings is 1. The molecule has 1 aliphatic rings. The first-order valence-electron chi connectivity index (χ1n) is 8.39. The zero-order valence-corrected chi connectivity index (χ0v) is 17.3. The number of benzene rings is 1. The minimum atomic E-state index is -3.91. The molecule has 0 unspecified atom stereocenters. The highest BCUT2D eigenvalue weighted by molar-refractivity contribution is 7.87. The second-order valence-corrected chi connectivity index (χ2v) is 9.21. The quantitative estimate of drug-likeness (QED) is 0.712. The summed E-state index contributed by atoms with van der Waals surface area (Å²) in [4.78, 5) is 13.5. The fourth-order valence-corrected chi connectivity index (χ4v) is 5.61. The van der Waals surface area contributed by atoms with Gasteiger partial charge in [-0.2, -0.15) is 17.4 Å². The molecule has 3 rings (SSSR count). The van der Waals surface area contributed by atoms with Gasteiger partial charge in [-0.05, 0) is 36.1 Å². The van der Waals surface area contributed by atoms with E-state index in [9.17, 15) is 17.6 Å². The lowest BCUT2D eigenvalue weighted by molar-refractivity contribution is -0.118. The van der Waals surface area contributed by atoms with Crippen molar-refractivity contribution in [1.82, 2.24) is 9.03 Å². The predicted octanol–water partition coefficient (Wildman–Crippen LogP) is 2.78. The van der Waals surface area contributed by atoms with Crippen LogP contribution >= 0.6 is 22.9 Å². The molecule has 1 saturated heterocycles. The second kappa shape index (κ2) is 8.85. The van der Waals surface area contributed by atoms with Crippen molar-refractivity contribution < 1.29 is 22.3 Å². The van der Waals surface area contributed by atoms with Gasteiger partial charge in [-0.3, -0.25) is 4.79 Å². The maximum absolute atomic E-state index is 13.3. The summed E-state index contributed by atoms with van der Waals surface area (Å²) < 4.78 is 47.6. The monoisotopic (exact) mass is 447 g/mol. The summed E-state index contributed by atoms with van der Waals surface area (Å²) in [6.07, 6.45) is 0.240. The molecule has 0 radical (unpaired) electrons. The summed E-state index contributed by atoms with van der Waals surface area (Å²) in [5.41, 5.74) is 0.282. The molecule has 0 aliphatic carbocycles. The van der Waals surface area contributed by atoms with Gasteiger partial charge in [0.05, 0.1) is 17.7 Å². The van der Waals surface area contributed by atoms with Gasteiger partial charge in [-0.15, -0.1) is 11.3 Å². The number of carbonyl (C=O) groups is 1. The first-order chi connectivity index (χ1) is 13.3. The lowest BCUT2D eigenvalue weighted by atomic mass is 10.0. The molecule has 28 heavy (non-hydrogen) atoms. The molecule has 1 amide bonds. The Morgan fingerprint density at radius 1 is 1.46 bits per heavy atom. The van der Waals surface area contributed by atoms with E-state index in [1.54, 1.807) is 0 Å². The van der Waals surface area contributed by atoms with Crippen molar-refractivity contribution >= 4 is 44.7 Å². The zero-order chi connectivity index (χ0) is 20.3. The molecular weight excluding hydrogens is 429 g/mol. The van der Waals surface area contributed by atoms with Crippen LogP contribution in [0.3, 0.4) is 0 Å². The fraction of sp³-hybridized carbons (Fsp3) is 0.353. The van der Waals surface area contributed by atoms with Gasteiger partial charge in [0.1, 0.15) is 11.9 Å². The average Bonchev–Trinajstić information content (AvgIpc) is 3.17. The van der Waals surface area contributed by atoms with E-state index in [-0.39, 0.29) is 30.3 Å². The van der Waals surface area contributed by atoms with E-state index in [1.165, 1.54) is 34.9 Å². The van der Waals surface area contributed by atoms with E-state index in [1.807, 2.05) is 17.5 Å². The maximum Gasteiger partial charge on any atom is 0.280 e. The molecule has 0 saturated carbocycles. The highest BCUT2D eigenvalue weighted by Gasteiger charge is 2.42. The molecule has 0 spiro atoms. The first-order valence-corrected chi connectivity index (χ1v) is 11.1. The van der Waals surface area contributed by atoms with Crippen molar-refractivity contribution in [3.8, 4) is 0 Å².